The summed E-state index contributed by atoms with van der Waals surface area (Å²) in [5, 5.41) is 3.51. The van der Waals surface area contributed by atoms with Crippen LogP contribution in [0.1, 0.15) is 18.4 Å². The minimum Gasteiger partial charge on any atom is -0.316 e. The van der Waals surface area contributed by atoms with E-state index >= 15 is 0 Å². The molecule has 1 N–H and O–H groups in total. The Morgan fingerprint density at radius 1 is 1.19 bits per heavy atom. The van der Waals surface area contributed by atoms with Gasteiger partial charge in [0.05, 0.1) is 0 Å². The lowest BCUT2D eigenvalue weighted by atomic mass is 9.94. The van der Waals surface area contributed by atoms with Crippen LogP contribution in [0.5, 0.6) is 0 Å². The van der Waals surface area contributed by atoms with Gasteiger partial charge in [-0.25, -0.2) is 0 Å². The first kappa shape index (κ1) is 10.3. The van der Waals surface area contributed by atoms with E-state index in [1.165, 1.54) is 38.0 Å². The van der Waals surface area contributed by atoms with Crippen LogP contribution >= 0.6 is 0 Å². The Morgan fingerprint density at radius 3 is 2.94 bits per heavy atom. The van der Waals surface area contributed by atoms with Crippen molar-refractivity contribution in [3.63, 3.8) is 0 Å². The predicted molar refractivity (Wildman–Crippen MR) is 66.2 cm³/mol. The largest absolute Gasteiger partial charge is 0.316 e. The Labute approximate surface area is 97.6 Å². The Kier molecular flexibility index (Phi) is 2.94. The Bertz CT molecular complexity index is 336. The monoisotopic (exact) mass is 216 g/mol. The molecule has 2 fully saturated rings. The summed E-state index contributed by atoms with van der Waals surface area (Å²) < 4.78 is 0. The van der Waals surface area contributed by atoms with Crippen molar-refractivity contribution in [2.75, 3.05) is 19.6 Å². The first-order valence-corrected chi connectivity index (χ1v) is 6.42. The first-order chi connectivity index (χ1) is 7.93. The van der Waals surface area contributed by atoms with Crippen LogP contribution in [0.25, 0.3) is 0 Å². The van der Waals surface area contributed by atoms with Crippen LogP contribution in [0, 0.1) is 5.92 Å². The van der Waals surface area contributed by atoms with Gasteiger partial charge in [-0.3, -0.25) is 4.90 Å². The van der Waals surface area contributed by atoms with E-state index in [9.17, 15) is 0 Å². The summed E-state index contributed by atoms with van der Waals surface area (Å²) in [6.45, 7) is 4.86. The van der Waals surface area contributed by atoms with E-state index in [1.807, 2.05) is 0 Å². The zero-order chi connectivity index (χ0) is 10.8. The second-order valence-corrected chi connectivity index (χ2v) is 5.06. The number of nitrogens with zero attached hydrogens (tertiary/aromatic N) is 1. The predicted octanol–water partition coefficient (Wildman–Crippen LogP) is 1.87. The van der Waals surface area contributed by atoms with E-state index in [1.54, 1.807) is 0 Å². The van der Waals surface area contributed by atoms with E-state index in [0.717, 1.165) is 18.5 Å². The third-order valence-electron chi connectivity index (χ3n) is 4.05. The average molecular weight is 216 g/mol. The SMILES string of the molecule is c1ccc(CN2CC[C@@H]3CNCC[C@H]32)cc1. The van der Waals surface area contributed by atoms with Gasteiger partial charge < -0.3 is 5.32 Å². The van der Waals surface area contributed by atoms with E-state index in [2.05, 4.69) is 40.5 Å². The summed E-state index contributed by atoms with van der Waals surface area (Å²) >= 11 is 0. The van der Waals surface area contributed by atoms with Crippen LogP contribution in [0.15, 0.2) is 30.3 Å². The number of fused-ring (bicyclic) bond motifs is 1. The molecule has 0 saturated carbocycles. The van der Waals surface area contributed by atoms with E-state index in [4.69, 9.17) is 0 Å². The molecule has 2 nitrogen and oxygen atoms in total. The lowest BCUT2D eigenvalue weighted by molar-refractivity contribution is 0.184. The molecular weight excluding hydrogens is 196 g/mol. The summed E-state index contributed by atoms with van der Waals surface area (Å²) in [7, 11) is 0. The van der Waals surface area contributed by atoms with Crippen molar-refractivity contribution in [3.05, 3.63) is 35.9 Å². The molecule has 2 heteroatoms. The van der Waals surface area contributed by atoms with Gasteiger partial charge in [-0.05, 0) is 44.0 Å². The van der Waals surface area contributed by atoms with Crippen LogP contribution in [0.4, 0.5) is 0 Å². The Morgan fingerprint density at radius 2 is 2.06 bits per heavy atom. The molecule has 0 spiro atoms. The first-order valence-electron chi connectivity index (χ1n) is 6.42. The second-order valence-electron chi connectivity index (χ2n) is 5.06. The second kappa shape index (κ2) is 4.56. The maximum atomic E-state index is 3.51. The van der Waals surface area contributed by atoms with Gasteiger partial charge in [-0.2, -0.15) is 0 Å². The van der Waals surface area contributed by atoms with E-state index < -0.39 is 0 Å². The van der Waals surface area contributed by atoms with E-state index in [0.29, 0.717) is 0 Å². The van der Waals surface area contributed by atoms with Gasteiger partial charge >= 0.3 is 0 Å². The van der Waals surface area contributed by atoms with Crippen molar-refractivity contribution in [1.29, 1.82) is 0 Å². The van der Waals surface area contributed by atoms with Crippen molar-refractivity contribution >= 4 is 0 Å². The highest BCUT2D eigenvalue weighted by Crippen LogP contribution is 2.29. The van der Waals surface area contributed by atoms with E-state index in [-0.39, 0.29) is 0 Å². The summed E-state index contributed by atoms with van der Waals surface area (Å²) in [6, 6.07) is 11.7. The third-order valence-corrected chi connectivity index (χ3v) is 4.05. The van der Waals surface area contributed by atoms with Crippen molar-refractivity contribution in [2.24, 2.45) is 5.92 Å². The number of piperidine rings is 1. The lowest BCUT2D eigenvalue weighted by Crippen LogP contribution is -2.43. The number of nitrogens with one attached hydrogen (secondary N) is 1. The Hall–Kier alpha value is -0.860. The minimum atomic E-state index is 0.835. The van der Waals surface area contributed by atoms with Gasteiger partial charge in [0, 0.05) is 12.6 Å². The molecule has 86 valence electrons. The fourth-order valence-corrected chi connectivity index (χ4v) is 3.20. The van der Waals surface area contributed by atoms with Crippen LogP contribution in [-0.2, 0) is 6.54 Å². The van der Waals surface area contributed by atoms with Crippen LogP contribution < -0.4 is 5.32 Å². The van der Waals surface area contributed by atoms with Crippen LogP contribution in [0.3, 0.4) is 0 Å². The van der Waals surface area contributed by atoms with Gasteiger partial charge in [-0.15, -0.1) is 0 Å². The summed E-state index contributed by atoms with van der Waals surface area (Å²) in [6.07, 6.45) is 2.71. The van der Waals surface area contributed by atoms with Crippen molar-refractivity contribution in [2.45, 2.75) is 25.4 Å². The molecule has 16 heavy (non-hydrogen) atoms. The van der Waals surface area contributed by atoms with Gasteiger partial charge in [0.25, 0.3) is 0 Å². The maximum Gasteiger partial charge on any atom is 0.0236 e. The fourth-order valence-electron chi connectivity index (χ4n) is 3.20. The minimum absolute atomic E-state index is 0.835. The molecule has 0 unspecified atom stereocenters. The average Bonchev–Trinajstić information content (AvgIpc) is 2.74. The lowest BCUT2D eigenvalue weighted by Gasteiger charge is -2.32. The molecule has 2 atom stereocenters. The zero-order valence-corrected chi connectivity index (χ0v) is 9.73. The standard InChI is InChI=1S/C14H20N2/c1-2-4-12(5-3-1)11-16-9-7-13-10-15-8-6-14(13)16/h1-5,13-15H,6-11H2/t13-,14-/m1/s1. The maximum absolute atomic E-state index is 3.51. The molecule has 1 aromatic rings. The highest BCUT2D eigenvalue weighted by molar-refractivity contribution is 5.15. The summed E-state index contributed by atoms with van der Waals surface area (Å²) in [4.78, 5) is 2.68. The number of hydrogen-bond donors (Lipinski definition) is 1. The molecule has 2 aliphatic heterocycles. The Balaban J connectivity index is 1.67. The van der Waals surface area contributed by atoms with Crippen molar-refractivity contribution in [3.8, 4) is 0 Å². The molecule has 0 radical (unpaired) electrons. The third kappa shape index (κ3) is 2.00. The van der Waals surface area contributed by atoms with Gasteiger partial charge in [-0.1, -0.05) is 30.3 Å². The summed E-state index contributed by atoms with van der Waals surface area (Å²) in [5.41, 5.74) is 1.46. The highest BCUT2D eigenvalue weighted by atomic mass is 15.2. The van der Waals surface area contributed by atoms with Crippen LogP contribution in [-0.4, -0.2) is 30.6 Å². The normalized spacial score (nSPS) is 30.2. The van der Waals surface area contributed by atoms with Crippen LogP contribution in [0.2, 0.25) is 0 Å². The molecule has 0 aliphatic carbocycles. The molecule has 2 aliphatic rings. The molecule has 1 aromatic carbocycles. The quantitative estimate of drug-likeness (QED) is 0.812. The molecule has 0 bridgehead atoms. The molecule has 2 heterocycles. The van der Waals surface area contributed by atoms with Gasteiger partial charge in [0.1, 0.15) is 0 Å². The summed E-state index contributed by atoms with van der Waals surface area (Å²) in [5.74, 6) is 0.900. The zero-order valence-electron chi connectivity index (χ0n) is 9.73. The molecular formula is C14H20N2. The number of benzene rings is 1. The number of hydrogen-bond acceptors (Lipinski definition) is 2. The topological polar surface area (TPSA) is 15.3 Å². The van der Waals surface area contributed by atoms with Crippen molar-refractivity contribution < 1.29 is 0 Å². The molecule has 0 aromatic heterocycles. The highest BCUT2D eigenvalue weighted by Gasteiger charge is 2.35. The van der Waals surface area contributed by atoms with Crippen molar-refractivity contribution in [1.82, 2.24) is 10.2 Å². The van der Waals surface area contributed by atoms with Gasteiger partial charge in [0.15, 0.2) is 0 Å². The fraction of sp³-hybridized carbons (Fsp3) is 0.571. The smallest absolute Gasteiger partial charge is 0.0236 e. The number of rotatable bonds is 2. The molecule has 0 amide bonds. The molecule has 3 rings (SSSR count). The number of likely N-dealkylation sites (tertiary alicyclic amines) is 1. The van der Waals surface area contributed by atoms with Gasteiger partial charge in [0.2, 0.25) is 0 Å². The molecule has 2 saturated heterocycles.